The molecule has 1 aliphatic heterocycles. The van der Waals surface area contributed by atoms with Crippen LogP contribution < -0.4 is 10.6 Å². The summed E-state index contributed by atoms with van der Waals surface area (Å²) in [5.74, 6) is 0.131. The monoisotopic (exact) mass is 289 g/mol. The molecular formula is C17H27N3O. The lowest BCUT2D eigenvalue weighted by Gasteiger charge is -2.27. The number of nitrogen functional groups attached to an aromatic ring is 1. The Labute approximate surface area is 127 Å². The normalized spacial score (nSPS) is 14.5. The Morgan fingerprint density at radius 2 is 1.81 bits per heavy atom. The molecule has 2 N–H and O–H groups in total. The fraction of sp³-hybridized carbons (Fsp3) is 0.588. The quantitative estimate of drug-likeness (QED) is 0.819. The van der Waals surface area contributed by atoms with Crippen LogP contribution in [0.4, 0.5) is 11.4 Å². The van der Waals surface area contributed by atoms with E-state index in [1.54, 1.807) is 0 Å². The van der Waals surface area contributed by atoms with E-state index in [0.29, 0.717) is 5.69 Å². The topological polar surface area (TPSA) is 49.6 Å². The first-order valence-electron chi connectivity index (χ1n) is 8.11. The number of nitrogens with two attached hydrogens (primary N) is 1. The van der Waals surface area contributed by atoms with Crippen molar-refractivity contribution in [3.05, 3.63) is 23.8 Å². The summed E-state index contributed by atoms with van der Waals surface area (Å²) in [7, 11) is 0. The molecule has 0 spiro atoms. The van der Waals surface area contributed by atoms with Crippen LogP contribution in [-0.4, -0.2) is 37.0 Å². The number of likely N-dealkylation sites (tertiary alicyclic amines) is 1. The zero-order valence-electron chi connectivity index (χ0n) is 13.3. The molecule has 0 saturated carbocycles. The third-order valence-corrected chi connectivity index (χ3v) is 3.97. The van der Waals surface area contributed by atoms with Crippen LogP contribution in [0.3, 0.4) is 0 Å². The highest BCUT2D eigenvalue weighted by atomic mass is 16.2. The summed E-state index contributed by atoms with van der Waals surface area (Å²) >= 11 is 0. The van der Waals surface area contributed by atoms with Crippen LogP contribution in [0.2, 0.25) is 0 Å². The largest absolute Gasteiger partial charge is 0.399 e. The van der Waals surface area contributed by atoms with Gasteiger partial charge in [0.2, 0.25) is 0 Å². The summed E-state index contributed by atoms with van der Waals surface area (Å²) in [6, 6.07) is 5.74. The Bertz CT molecular complexity index is 475. The van der Waals surface area contributed by atoms with E-state index in [4.69, 9.17) is 5.73 Å². The second kappa shape index (κ2) is 7.34. The van der Waals surface area contributed by atoms with Gasteiger partial charge in [-0.2, -0.15) is 0 Å². The van der Waals surface area contributed by atoms with Crippen LogP contribution in [0, 0.1) is 0 Å². The summed E-state index contributed by atoms with van der Waals surface area (Å²) < 4.78 is 0. The second-order valence-electron chi connectivity index (χ2n) is 5.76. The second-order valence-corrected chi connectivity index (χ2v) is 5.76. The van der Waals surface area contributed by atoms with E-state index >= 15 is 0 Å². The van der Waals surface area contributed by atoms with Gasteiger partial charge in [-0.05, 0) is 43.9 Å². The molecule has 4 nitrogen and oxygen atoms in total. The smallest absolute Gasteiger partial charge is 0.256 e. The van der Waals surface area contributed by atoms with E-state index in [0.717, 1.165) is 63.1 Å². The maximum absolute atomic E-state index is 12.8. The Hall–Kier alpha value is -1.71. The lowest BCUT2D eigenvalue weighted by molar-refractivity contribution is 0.0793. The van der Waals surface area contributed by atoms with Gasteiger partial charge in [0, 0.05) is 37.6 Å². The number of anilines is 2. The van der Waals surface area contributed by atoms with Crippen molar-refractivity contribution in [2.24, 2.45) is 0 Å². The molecule has 0 aliphatic carbocycles. The van der Waals surface area contributed by atoms with E-state index < -0.39 is 0 Å². The van der Waals surface area contributed by atoms with Crippen molar-refractivity contribution in [2.75, 3.05) is 36.8 Å². The molecule has 1 amide bonds. The summed E-state index contributed by atoms with van der Waals surface area (Å²) in [6.45, 7) is 8.02. The fourth-order valence-electron chi connectivity index (χ4n) is 2.98. The first kappa shape index (κ1) is 15.7. The van der Waals surface area contributed by atoms with Crippen molar-refractivity contribution in [3.8, 4) is 0 Å². The summed E-state index contributed by atoms with van der Waals surface area (Å²) in [4.78, 5) is 17.0. The van der Waals surface area contributed by atoms with Crippen molar-refractivity contribution in [3.63, 3.8) is 0 Å². The number of rotatable bonds is 6. The third kappa shape index (κ3) is 3.69. The Morgan fingerprint density at radius 1 is 1.19 bits per heavy atom. The van der Waals surface area contributed by atoms with E-state index in [1.807, 2.05) is 23.1 Å². The Balaban J connectivity index is 2.33. The van der Waals surface area contributed by atoms with Crippen LogP contribution in [0.25, 0.3) is 0 Å². The molecule has 1 fully saturated rings. The molecule has 1 saturated heterocycles. The molecule has 0 unspecified atom stereocenters. The van der Waals surface area contributed by atoms with Crippen molar-refractivity contribution >= 4 is 17.3 Å². The molecule has 21 heavy (non-hydrogen) atoms. The molecule has 1 aliphatic rings. The van der Waals surface area contributed by atoms with Gasteiger partial charge in [-0.15, -0.1) is 0 Å². The molecule has 4 heteroatoms. The van der Waals surface area contributed by atoms with Gasteiger partial charge < -0.3 is 15.5 Å². The van der Waals surface area contributed by atoms with Crippen LogP contribution in [0.15, 0.2) is 18.2 Å². The average molecular weight is 289 g/mol. The van der Waals surface area contributed by atoms with Crippen LogP contribution in [0.1, 0.15) is 49.9 Å². The summed E-state index contributed by atoms with van der Waals surface area (Å²) in [5, 5.41) is 0. The minimum Gasteiger partial charge on any atom is -0.399 e. The maximum Gasteiger partial charge on any atom is 0.256 e. The molecule has 0 bridgehead atoms. The van der Waals surface area contributed by atoms with Crippen molar-refractivity contribution in [2.45, 2.75) is 39.5 Å². The summed E-state index contributed by atoms with van der Waals surface area (Å²) in [6.07, 6.45) is 4.36. The number of carbonyl (C=O) groups is 1. The predicted octanol–water partition coefficient (Wildman–Crippen LogP) is 3.13. The van der Waals surface area contributed by atoms with Gasteiger partial charge in [-0.3, -0.25) is 4.79 Å². The van der Waals surface area contributed by atoms with Gasteiger partial charge in [0.25, 0.3) is 5.91 Å². The number of hydrogen-bond acceptors (Lipinski definition) is 3. The number of nitrogens with zero attached hydrogens (tertiary/aromatic N) is 2. The number of carbonyl (C=O) groups excluding carboxylic acids is 1. The van der Waals surface area contributed by atoms with Crippen LogP contribution in [-0.2, 0) is 0 Å². The molecular weight excluding hydrogens is 262 g/mol. The Kier molecular flexibility index (Phi) is 5.48. The van der Waals surface area contributed by atoms with E-state index in [1.165, 1.54) is 0 Å². The molecule has 116 valence electrons. The molecule has 1 aromatic carbocycles. The predicted molar refractivity (Wildman–Crippen MR) is 88.8 cm³/mol. The fourth-order valence-corrected chi connectivity index (χ4v) is 2.98. The van der Waals surface area contributed by atoms with E-state index in [2.05, 4.69) is 18.7 Å². The lowest BCUT2D eigenvalue weighted by Crippen LogP contribution is -2.32. The number of amides is 1. The maximum atomic E-state index is 12.8. The molecule has 1 heterocycles. The van der Waals surface area contributed by atoms with Gasteiger partial charge in [0.15, 0.2) is 0 Å². The number of benzene rings is 1. The molecule has 2 rings (SSSR count). The zero-order chi connectivity index (χ0) is 15.2. The van der Waals surface area contributed by atoms with E-state index in [-0.39, 0.29) is 5.91 Å². The SMILES string of the molecule is CCCN(CCC)c1ccc(N)cc1C(=O)N1CCCC1. The van der Waals surface area contributed by atoms with Gasteiger partial charge in [0.05, 0.1) is 5.56 Å². The van der Waals surface area contributed by atoms with Gasteiger partial charge >= 0.3 is 0 Å². The van der Waals surface area contributed by atoms with Crippen LogP contribution >= 0.6 is 0 Å². The standard InChI is InChI=1S/C17H27N3O/c1-3-9-19(10-4-2)16-8-7-14(18)13-15(16)17(21)20-11-5-6-12-20/h7-8,13H,3-6,9-12,18H2,1-2H3. The highest BCUT2D eigenvalue weighted by molar-refractivity contribution is 6.00. The molecule has 0 radical (unpaired) electrons. The van der Waals surface area contributed by atoms with E-state index in [9.17, 15) is 4.79 Å². The third-order valence-electron chi connectivity index (χ3n) is 3.97. The van der Waals surface area contributed by atoms with Crippen molar-refractivity contribution in [1.29, 1.82) is 0 Å². The minimum absolute atomic E-state index is 0.131. The average Bonchev–Trinajstić information content (AvgIpc) is 3.00. The Morgan fingerprint density at radius 3 is 2.38 bits per heavy atom. The minimum atomic E-state index is 0.131. The highest BCUT2D eigenvalue weighted by Gasteiger charge is 2.23. The van der Waals surface area contributed by atoms with Gasteiger partial charge in [-0.25, -0.2) is 0 Å². The zero-order valence-corrected chi connectivity index (χ0v) is 13.3. The highest BCUT2D eigenvalue weighted by Crippen LogP contribution is 2.26. The first-order valence-corrected chi connectivity index (χ1v) is 8.11. The van der Waals surface area contributed by atoms with Gasteiger partial charge in [0.1, 0.15) is 0 Å². The molecule has 0 atom stereocenters. The van der Waals surface area contributed by atoms with Gasteiger partial charge in [-0.1, -0.05) is 13.8 Å². The van der Waals surface area contributed by atoms with Crippen LogP contribution in [0.5, 0.6) is 0 Å². The molecule has 0 aromatic heterocycles. The summed E-state index contributed by atoms with van der Waals surface area (Å²) in [5.41, 5.74) is 8.38. The van der Waals surface area contributed by atoms with Crippen molar-refractivity contribution < 1.29 is 4.79 Å². The number of hydrogen-bond donors (Lipinski definition) is 1. The van der Waals surface area contributed by atoms with Crippen molar-refractivity contribution in [1.82, 2.24) is 4.90 Å². The lowest BCUT2D eigenvalue weighted by atomic mass is 10.1. The first-order chi connectivity index (χ1) is 10.2. The molecule has 1 aromatic rings.